The van der Waals surface area contributed by atoms with Gasteiger partial charge in [0.05, 0.1) is 6.61 Å². The lowest BCUT2D eigenvalue weighted by Crippen LogP contribution is -2.37. The molecule has 4 heteroatoms. The van der Waals surface area contributed by atoms with Crippen molar-refractivity contribution in [3.8, 4) is 5.88 Å². The van der Waals surface area contributed by atoms with E-state index < -0.39 is 0 Å². The van der Waals surface area contributed by atoms with Gasteiger partial charge in [0.15, 0.2) is 0 Å². The third-order valence-corrected chi connectivity index (χ3v) is 3.80. The van der Waals surface area contributed by atoms with Gasteiger partial charge in [0.25, 0.3) is 0 Å². The first-order chi connectivity index (χ1) is 9.83. The molecule has 1 aliphatic heterocycles. The maximum absolute atomic E-state index is 5.48. The lowest BCUT2D eigenvalue weighted by molar-refractivity contribution is 0.326. The first kappa shape index (κ1) is 15.1. The third-order valence-electron chi connectivity index (χ3n) is 3.80. The van der Waals surface area contributed by atoms with Crippen LogP contribution in [0.4, 0.5) is 5.82 Å². The Morgan fingerprint density at radius 2 is 2.10 bits per heavy atom. The van der Waals surface area contributed by atoms with Crippen molar-refractivity contribution in [3.05, 3.63) is 18.2 Å². The van der Waals surface area contributed by atoms with E-state index in [1.807, 2.05) is 19.1 Å². The smallest absolute Gasteiger partial charge is 0.215 e. The summed E-state index contributed by atoms with van der Waals surface area (Å²) in [7, 11) is 0. The Morgan fingerprint density at radius 1 is 1.30 bits per heavy atom. The molecular formula is C16H27N3O. The lowest BCUT2D eigenvalue weighted by atomic mass is 9.97. The standard InChI is InChI=1S/C16H27N3O/c1-3-10-17-13-14-8-11-19(12-9-14)15-6-5-7-16(18-15)20-4-2/h5-7,14,17H,3-4,8-13H2,1-2H3. The summed E-state index contributed by atoms with van der Waals surface area (Å²) in [6.07, 6.45) is 3.71. The van der Waals surface area contributed by atoms with Crippen LogP contribution in [-0.4, -0.2) is 37.8 Å². The van der Waals surface area contributed by atoms with Crippen molar-refractivity contribution >= 4 is 5.82 Å². The van der Waals surface area contributed by atoms with Crippen molar-refractivity contribution in [3.63, 3.8) is 0 Å². The van der Waals surface area contributed by atoms with Gasteiger partial charge in [-0.2, -0.15) is 4.98 Å². The van der Waals surface area contributed by atoms with Crippen molar-refractivity contribution in [2.24, 2.45) is 5.92 Å². The SMILES string of the molecule is CCCNCC1CCN(c2cccc(OCC)n2)CC1. The van der Waals surface area contributed by atoms with Crippen molar-refractivity contribution in [2.75, 3.05) is 37.7 Å². The average molecular weight is 277 g/mol. The van der Waals surface area contributed by atoms with Gasteiger partial charge in [-0.15, -0.1) is 0 Å². The second-order valence-corrected chi connectivity index (χ2v) is 5.40. The maximum atomic E-state index is 5.48. The normalized spacial score (nSPS) is 16.4. The molecule has 0 radical (unpaired) electrons. The van der Waals surface area contributed by atoms with Gasteiger partial charge in [-0.1, -0.05) is 13.0 Å². The summed E-state index contributed by atoms with van der Waals surface area (Å²) in [5.41, 5.74) is 0. The minimum Gasteiger partial charge on any atom is -0.478 e. The monoisotopic (exact) mass is 277 g/mol. The topological polar surface area (TPSA) is 37.4 Å². The minimum absolute atomic E-state index is 0.668. The molecule has 0 bridgehead atoms. The van der Waals surface area contributed by atoms with Crippen molar-refractivity contribution < 1.29 is 4.74 Å². The highest BCUT2D eigenvalue weighted by molar-refractivity contribution is 5.41. The molecule has 1 N–H and O–H groups in total. The predicted molar refractivity (Wildman–Crippen MR) is 83.5 cm³/mol. The molecule has 1 fully saturated rings. The molecule has 0 aliphatic carbocycles. The van der Waals surface area contributed by atoms with E-state index in [-0.39, 0.29) is 0 Å². The third kappa shape index (κ3) is 4.37. The minimum atomic E-state index is 0.668. The molecule has 0 amide bonds. The maximum Gasteiger partial charge on any atom is 0.215 e. The number of ether oxygens (including phenoxy) is 1. The molecular weight excluding hydrogens is 250 g/mol. The first-order valence-electron chi connectivity index (χ1n) is 7.89. The highest BCUT2D eigenvalue weighted by Crippen LogP contribution is 2.23. The Kier molecular flexibility index (Phi) is 6.12. The average Bonchev–Trinajstić information content (AvgIpc) is 2.49. The lowest BCUT2D eigenvalue weighted by Gasteiger charge is -2.33. The Labute approximate surface area is 122 Å². The summed E-state index contributed by atoms with van der Waals surface area (Å²) >= 11 is 0. The summed E-state index contributed by atoms with van der Waals surface area (Å²) in [5.74, 6) is 2.60. The second kappa shape index (κ2) is 8.10. The number of hydrogen-bond acceptors (Lipinski definition) is 4. The zero-order valence-electron chi connectivity index (χ0n) is 12.8. The van der Waals surface area contributed by atoms with Gasteiger partial charge in [-0.3, -0.25) is 0 Å². The summed E-state index contributed by atoms with van der Waals surface area (Å²) in [4.78, 5) is 6.95. The number of nitrogens with zero attached hydrogens (tertiary/aromatic N) is 2. The van der Waals surface area contributed by atoms with E-state index in [1.54, 1.807) is 0 Å². The first-order valence-corrected chi connectivity index (χ1v) is 7.89. The molecule has 1 aliphatic rings. The van der Waals surface area contributed by atoms with Crippen LogP contribution in [0, 0.1) is 5.92 Å². The fourth-order valence-corrected chi connectivity index (χ4v) is 2.66. The summed E-state index contributed by atoms with van der Waals surface area (Å²) in [5, 5.41) is 3.53. The van der Waals surface area contributed by atoms with Gasteiger partial charge < -0.3 is 15.0 Å². The Hall–Kier alpha value is -1.29. The quantitative estimate of drug-likeness (QED) is 0.778. The van der Waals surface area contributed by atoms with E-state index in [1.165, 1.54) is 19.3 Å². The van der Waals surface area contributed by atoms with E-state index in [2.05, 4.69) is 28.2 Å². The largest absolute Gasteiger partial charge is 0.478 e. The number of anilines is 1. The van der Waals surface area contributed by atoms with Crippen LogP contribution in [0.3, 0.4) is 0 Å². The van der Waals surface area contributed by atoms with Crippen LogP contribution >= 0.6 is 0 Å². The van der Waals surface area contributed by atoms with Gasteiger partial charge in [-0.25, -0.2) is 0 Å². The highest BCUT2D eigenvalue weighted by atomic mass is 16.5. The van der Waals surface area contributed by atoms with Crippen LogP contribution < -0.4 is 15.0 Å². The molecule has 0 spiro atoms. The Morgan fingerprint density at radius 3 is 2.80 bits per heavy atom. The van der Waals surface area contributed by atoms with Gasteiger partial charge in [0.2, 0.25) is 5.88 Å². The van der Waals surface area contributed by atoms with Crippen LogP contribution in [-0.2, 0) is 0 Å². The molecule has 0 atom stereocenters. The second-order valence-electron chi connectivity index (χ2n) is 5.40. The summed E-state index contributed by atoms with van der Waals surface area (Å²) in [6.45, 7) is 9.37. The van der Waals surface area contributed by atoms with E-state index in [4.69, 9.17) is 4.74 Å². The van der Waals surface area contributed by atoms with Crippen molar-refractivity contribution in [2.45, 2.75) is 33.1 Å². The summed E-state index contributed by atoms with van der Waals surface area (Å²) < 4.78 is 5.48. The summed E-state index contributed by atoms with van der Waals surface area (Å²) in [6, 6.07) is 6.04. The fourth-order valence-electron chi connectivity index (χ4n) is 2.66. The zero-order valence-corrected chi connectivity index (χ0v) is 12.8. The van der Waals surface area contributed by atoms with Gasteiger partial charge in [-0.05, 0) is 51.3 Å². The van der Waals surface area contributed by atoms with Crippen LogP contribution in [0.15, 0.2) is 18.2 Å². The van der Waals surface area contributed by atoms with Gasteiger partial charge >= 0.3 is 0 Å². The fraction of sp³-hybridized carbons (Fsp3) is 0.688. The van der Waals surface area contributed by atoms with Gasteiger partial charge in [0.1, 0.15) is 5.82 Å². The number of hydrogen-bond donors (Lipinski definition) is 1. The molecule has 2 heterocycles. The number of rotatable bonds is 7. The van der Waals surface area contributed by atoms with Crippen molar-refractivity contribution in [1.82, 2.24) is 10.3 Å². The molecule has 1 aromatic rings. The van der Waals surface area contributed by atoms with E-state index >= 15 is 0 Å². The predicted octanol–water partition coefficient (Wildman–Crippen LogP) is 2.70. The van der Waals surface area contributed by atoms with Gasteiger partial charge in [0, 0.05) is 19.2 Å². The number of nitrogens with one attached hydrogen (secondary N) is 1. The molecule has 1 aromatic heterocycles. The number of aromatic nitrogens is 1. The molecule has 4 nitrogen and oxygen atoms in total. The van der Waals surface area contributed by atoms with E-state index in [0.29, 0.717) is 6.61 Å². The number of piperidine rings is 1. The molecule has 0 unspecified atom stereocenters. The van der Waals surface area contributed by atoms with Crippen LogP contribution in [0.5, 0.6) is 5.88 Å². The molecule has 0 saturated carbocycles. The Bertz CT molecular complexity index is 389. The molecule has 1 saturated heterocycles. The van der Waals surface area contributed by atoms with Crippen LogP contribution in [0.1, 0.15) is 33.1 Å². The van der Waals surface area contributed by atoms with Crippen molar-refractivity contribution in [1.29, 1.82) is 0 Å². The molecule has 0 aromatic carbocycles. The Balaban J connectivity index is 1.82. The highest BCUT2D eigenvalue weighted by Gasteiger charge is 2.19. The van der Waals surface area contributed by atoms with Crippen LogP contribution in [0.2, 0.25) is 0 Å². The molecule has 20 heavy (non-hydrogen) atoms. The van der Waals surface area contributed by atoms with Crippen LogP contribution in [0.25, 0.3) is 0 Å². The number of pyridine rings is 1. The molecule has 2 rings (SSSR count). The van der Waals surface area contributed by atoms with E-state index in [0.717, 1.165) is 43.8 Å². The van der Waals surface area contributed by atoms with E-state index in [9.17, 15) is 0 Å². The molecule has 112 valence electrons. The zero-order chi connectivity index (χ0) is 14.2.